The number of carbonyl (C=O) groups excluding carboxylic acids is 3. The van der Waals surface area contributed by atoms with Crippen LogP contribution in [0.2, 0.25) is 0 Å². The Morgan fingerprint density at radius 3 is 2.24 bits per heavy atom. The predicted molar refractivity (Wildman–Crippen MR) is 88.8 cm³/mol. The van der Waals surface area contributed by atoms with Crippen molar-refractivity contribution in [3.05, 3.63) is 29.8 Å². The van der Waals surface area contributed by atoms with Gasteiger partial charge in [0.1, 0.15) is 6.04 Å². The molecule has 2 fully saturated rings. The summed E-state index contributed by atoms with van der Waals surface area (Å²) < 4.78 is 27.1. The van der Waals surface area contributed by atoms with Crippen LogP contribution in [0.3, 0.4) is 0 Å². The van der Waals surface area contributed by atoms with Crippen LogP contribution < -0.4 is 0 Å². The molecule has 2 aliphatic heterocycles. The average molecular weight is 364 g/mol. The van der Waals surface area contributed by atoms with E-state index in [0.717, 1.165) is 9.87 Å². The Hall–Kier alpha value is -2.06. The number of amides is 3. The highest BCUT2D eigenvalue weighted by Crippen LogP contribution is 2.28. The van der Waals surface area contributed by atoms with Crippen LogP contribution in [0.15, 0.2) is 29.2 Å². The molecule has 1 aromatic rings. The molecule has 3 rings (SSSR count). The van der Waals surface area contributed by atoms with Crippen LogP contribution in [0, 0.1) is 6.92 Å². The second-order valence-corrected chi connectivity index (χ2v) is 8.29. The fourth-order valence-corrected chi connectivity index (χ4v) is 4.91. The number of carbonyl (C=O) groups is 3. The van der Waals surface area contributed by atoms with Gasteiger partial charge in [0.25, 0.3) is 5.91 Å². The maximum Gasteiger partial charge on any atom is 0.254 e. The molecule has 0 bridgehead atoms. The number of piperidine rings is 1. The fraction of sp³-hybridized carbons (Fsp3) is 0.471. The number of benzene rings is 1. The molecular weight excluding hydrogens is 344 g/mol. The number of aryl methyl sites for hydroxylation is 1. The predicted octanol–water partition coefficient (Wildman–Crippen LogP) is 1.21. The first-order valence-corrected chi connectivity index (χ1v) is 9.74. The van der Waals surface area contributed by atoms with Crippen LogP contribution in [0.25, 0.3) is 0 Å². The van der Waals surface area contributed by atoms with Crippen LogP contribution in [0.4, 0.5) is 0 Å². The summed E-state index contributed by atoms with van der Waals surface area (Å²) >= 11 is 0. The minimum Gasteiger partial charge on any atom is -0.274 e. The first-order chi connectivity index (χ1) is 11.8. The zero-order valence-electron chi connectivity index (χ0n) is 14.0. The largest absolute Gasteiger partial charge is 0.274 e. The molecular formula is C17H20N2O5S. The quantitative estimate of drug-likeness (QED) is 0.752. The van der Waals surface area contributed by atoms with Crippen molar-refractivity contribution in [2.45, 2.75) is 50.0 Å². The zero-order valence-corrected chi connectivity index (χ0v) is 14.8. The van der Waals surface area contributed by atoms with Crippen molar-refractivity contribution in [3.8, 4) is 0 Å². The van der Waals surface area contributed by atoms with Gasteiger partial charge in [0, 0.05) is 19.4 Å². The Morgan fingerprint density at radius 1 is 1.04 bits per heavy atom. The summed E-state index contributed by atoms with van der Waals surface area (Å²) in [5, 5.41) is 0. The van der Waals surface area contributed by atoms with Crippen molar-refractivity contribution < 1.29 is 22.8 Å². The van der Waals surface area contributed by atoms with Crippen molar-refractivity contribution in [2.24, 2.45) is 0 Å². The number of rotatable bonds is 3. The lowest BCUT2D eigenvalue weighted by atomic mass is 10.0. The molecule has 2 saturated heterocycles. The Kier molecular flexibility index (Phi) is 4.75. The van der Waals surface area contributed by atoms with E-state index in [1.54, 1.807) is 12.1 Å². The molecule has 8 heteroatoms. The number of likely N-dealkylation sites (tertiary alicyclic amines) is 1. The van der Waals surface area contributed by atoms with Gasteiger partial charge in [0.2, 0.25) is 21.8 Å². The summed E-state index contributed by atoms with van der Waals surface area (Å²) in [7, 11) is -3.87. The number of imide groups is 3. The van der Waals surface area contributed by atoms with Gasteiger partial charge < -0.3 is 0 Å². The standard InChI is InChI=1S/C17H20N2O5S/c1-12-5-7-13(8-6-12)25(23,24)18-11-3-2-4-14(18)17(22)19-15(20)9-10-16(19)21/h5-8,14H,2-4,9-11H2,1H3/t14-/m1/s1. The van der Waals surface area contributed by atoms with E-state index in [0.29, 0.717) is 24.2 Å². The number of sulfonamides is 1. The highest BCUT2D eigenvalue weighted by molar-refractivity contribution is 7.89. The number of hydrogen-bond donors (Lipinski definition) is 0. The Balaban J connectivity index is 1.93. The second kappa shape index (κ2) is 6.68. The van der Waals surface area contributed by atoms with Crippen molar-refractivity contribution >= 4 is 27.7 Å². The summed E-state index contributed by atoms with van der Waals surface area (Å²) in [4.78, 5) is 37.2. The van der Waals surface area contributed by atoms with Crippen molar-refractivity contribution in [1.82, 2.24) is 9.21 Å². The normalized spacial score (nSPS) is 22.4. The third kappa shape index (κ3) is 3.23. The van der Waals surface area contributed by atoms with E-state index < -0.39 is 33.8 Å². The molecule has 1 atom stereocenters. The molecule has 0 aromatic heterocycles. The van der Waals surface area contributed by atoms with Gasteiger partial charge >= 0.3 is 0 Å². The third-order valence-corrected chi connectivity index (χ3v) is 6.56. The molecule has 0 unspecified atom stereocenters. The van der Waals surface area contributed by atoms with E-state index in [-0.39, 0.29) is 24.3 Å². The molecule has 134 valence electrons. The van der Waals surface area contributed by atoms with E-state index in [2.05, 4.69) is 0 Å². The van der Waals surface area contributed by atoms with Gasteiger partial charge in [-0.1, -0.05) is 24.1 Å². The molecule has 0 radical (unpaired) electrons. The topological polar surface area (TPSA) is 91.8 Å². The monoisotopic (exact) mass is 364 g/mol. The van der Waals surface area contributed by atoms with Gasteiger partial charge in [-0.15, -0.1) is 0 Å². The lowest BCUT2D eigenvalue weighted by Crippen LogP contribution is -2.54. The van der Waals surface area contributed by atoms with Crippen molar-refractivity contribution in [3.63, 3.8) is 0 Å². The van der Waals surface area contributed by atoms with Crippen LogP contribution >= 0.6 is 0 Å². The third-order valence-electron chi connectivity index (χ3n) is 4.64. The highest BCUT2D eigenvalue weighted by Gasteiger charge is 2.44. The smallest absolute Gasteiger partial charge is 0.254 e. The average Bonchev–Trinajstić information content (AvgIpc) is 2.93. The molecule has 1 aromatic carbocycles. The highest BCUT2D eigenvalue weighted by atomic mass is 32.2. The van der Waals surface area contributed by atoms with Gasteiger partial charge in [-0.05, 0) is 31.9 Å². The molecule has 0 aliphatic carbocycles. The summed E-state index contributed by atoms with van der Waals surface area (Å²) in [6.45, 7) is 2.05. The number of nitrogens with zero attached hydrogens (tertiary/aromatic N) is 2. The maximum atomic E-state index is 13.0. The van der Waals surface area contributed by atoms with Crippen LogP contribution in [-0.4, -0.2) is 47.9 Å². The summed E-state index contributed by atoms with van der Waals surface area (Å²) in [6.07, 6.45) is 1.62. The summed E-state index contributed by atoms with van der Waals surface area (Å²) in [5.41, 5.74) is 0.929. The van der Waals surface area contributed by atoms with Gasteiger partial charge in [-0.2, -0.15) is 4.31 Å². The summed E-state index contributed by atoms with van der Waals surface area (Å²) in [5.74, 6) is -1.82. The molecule has 0 saturated carbocycles. The van der Waals surface area contributed by atoms with E-state index in [9.17, 15) is 22.8 Å². The van der Waals surface area contributed by atoms with Gasteiger partial charge in [-0.3, -0.25) is 14.4 Å². The van der Waals surface area contributed by atoms with E-state index in [1.807, 2.05) is 6.92 Å². The van der Waals surface area contributed by atoms with E-state index >= 15 is 0 Å². The molecule has 0 N–H and O–H groups in total. The number of hydrogen-bond acceptors (Lipinski definition) is 5. The Morgan fingerprint density at radius 2 is 1.64 bits per heavy atom. The molecule has 0 spiro atoms. The van der Waals surface area contributed by atoms with E-state index in [1.165, 1.54) is 12.1 Å². The minimum atomic E-state index is -3.87. The first kappa shape index (κ1) is 17.8. The first-order valence-electron chi connectivity index (χ1n) is 8.30. The summed E-state index contributed by atoms with van der Waals surface area (Å²) in [6, 6.07) is 5.40. The van der Waals surface area contributed by atoms with Crippen molar-refractivity contribution in [2.75, 3.05) is 6.54 Å². The fourth-order valence-electron chi connectivity index (χ4n) is 3.26. The molecule has 3 amide bonds. The Bertz CT molecular complexity index is 800. The molecule has 2 heterocycles. The molecule has 25 heavy (non-hydrogen) atoms. The van der Waals surface area contributed by atoms with E-state index in [4.69, 9.17) is 0 Å². The van der Waals surface area contributed by atoms with Gasteiger partial charge in [0.05, 0.1) is 4.90 Å². The minimum absolute atomic E-state index is 0.00199. The Labute approximate surface area is 146 Å². The van der Waals surface area contributed by atoms with Crippen molar-refractivity contribution in [1.29, 1.82) is 0 Å². The van der Waals surface area contributed by atoms with Gasteiger partial charge in [-0.25, -0.2) is 13.3 Å². The van der Waals surface area contributed by atoms with Crippen LogP contribution in [0.1, 0.15) is 37.7 Å². The lowest BCUT2D eigenvalue weighted by molar-refractivity contribution is -0.152. The molecule has 2 aliphatic rings. The lowest BCUT2D eigenvalue weighted by Gasteiger charge is -2.34. The van der Waals surface area contributed by atoms with Crippen LogP contribution in [0.5, 0.6) is 0 Å². The zero-order chi connectivity index (χ0) is 18.2. The molecule has 7 nitrogen and oxygen atoms in total. The van der Waals surface area contributed by atoms with Crippen LogP contribution in [-0.2, 0) is 24.4 Å². The maximum absolute atomic E-state index is 13.0. The second-order valence-electron chi connectivity index (χ2n) is 6.40. The van der Waals surface area contributed by atoms with Gasteiger partial charge in [0.15, 0.2) is 0 Å². The SMILES string of the molecule is Cc1ccc(S(=O)(=O)N2CCCC[C@@H]2C(=O)N2C(=O)CCC2=O)cc1.